The summed E-state index contributed by atoms with van der Waals surface area (Å²) in [5.41, 5.74) is 1.18. The van der Waals surface area contributed by atoms with E-state index in [1.165, 1.54) is 30.5 Å². The summed E-state index contributed by atoms with van der Waals surface area (Å²) in [7, 11) is 0. The fraction of sp³-hybridized carbons (Fsp3) is 0.143. The van der Waals surface area contributed by atoms with Crippen LogP contribution in [-0.2, 0) is 9.53 Å². The summed E-state index contributed by atoms with van der Waals surface area (Å²) in [6.07, 6.45) is 1.42. The van der Waals surface area contributed by atoms with E-state index in [1.807, 2.05) is 0 Å². The van der Waals surface area contributed by atoms with Crippen LogP contribution in [0.3, 0.4) is 0 Å². The predicted octanol–water partition coefficient (Wildman–Crippen LogP) is 2.91. The third-order valence-corrected chi connectivity index (χ3v) is 2.89. The number of aromatic amines is 1. The summed E-state index contributed by atoms with van der Waals surface area (Å²) in [5, 5.41) is 2.83. The van der Waals surface area contributed by atoms with Gasteiger partial charge in [-0.25, -0.2) is 9.18 Å². The standard InChI is InChI=1S/C14H12ClFN2O3/c1-8-2-3-10(16)5-11(8)18-13(19)7-21-14(20)12-4-9(15)6-17-12/h2-6,17H,7H2,1H3,(H,18,19). The van der Waals surface area contributed by atoms with Crippen molar-refractivity contribution in [2.45, 2.75) is 6.92 Å². The Morgan fingerprint density at radius 3 is 2.81 bits per heavy atom. The molecule has 1 amide bonds. The van der Waals surface area contributed by atoms with E-state index in [0.29, 0.717) is 16.3 Å². The number of hydrogen-bond acceptors (Lipinski definition) is 3. The molecule has 0 radical (unpaired) electrons. The molecule has 0 saturated carbocycles. The molecule has 110 valence electrons. The maximum Gasteiger partial charge on any atom is 0.355 e. The summed E-state index contributed by atoms with van der Waals surface area (Å²) in [5.74, 6) is -1.73. The number of benzene rings is 1. The van der Waals surface area contributed by atoms with Gasteiger partial charge in [0.15, 0.2) is 6.61 Å². The van der Waals surface area contributed by atoms with Crippen LogP contribution in [-0.4, -0.2) is 23.5 Å². The van der Waals surface area contributed by atoms with Crippen LogP contribution >= 0.6 is 11.6 Å². The number of carbonyl (C=O) groups is 2. The number of nitrogens with one attached hydrogen (secondary N) is 2. The van der Waals surface area contributed by atoms with Crippen molar-refractivity contribution in [2.75, 3.05) is 11.9 Å². The number of H-pyrrole nitrogens is 1. The van der Waals surface area contributed by atoms with Gasteiger partial charge in [0, 0.05) is 11.9 Å². The molecule has 0 aliphatic heterocycles. The van der Waals surface area contributed by atoms with Gasteiger partial charge >= 0.3 is 5.97 Å². The highest BCUT2D eigenvalue weighted by Crippen LogP contribution is 2.16. The Balaban J connectivity index is 1.90. The van der Waals surface area contributed by atoms with E-state index < -0.39 is 24.3 Å². The molecule has 0 spiro atoms. The number of esters is 1. The molecule has 0 aliphatic rings. The van der Waals surface area contributed by atoms with Crippen molar-refractivity contribution in [3.05, 3.63) is 52.6 Å². The number of aromatic nitrogens is 1. The summed E-state index contributed by atoms with van der Waals surface area (Å²) in [4.78, 5) is 25.9. The van der Waals surface area contributed by atoms with Gasteiger partial charge in [-0.2, -0.15) is 0 Å². The first-order chi connectivity index (χ1) is 9.95. The largest absolute Gasteiger partial charge is 0.451 e. The first-order valence-corrected chi connectivity index (χ1v) is 6.40. The zero-order chi connectivity index (χ0) is 15.4. The first-order valence-electron chi connectivity index (χ1n) is 6.03. The second-order valence-electron chi connectivity index (χ2n) is 4.32. The van der Waals surface area contributed by atoms with E-state index in [1.54, 1.807) is 6.92 Å². The quantitative estimate of drug-likeness (QED) is 0.853. The number of anilines is 1. The number of ether oxygens (including phenoxy) is 1. The average molecular weight is 311 g/mol. The van der Waals surface area contributed by atoms with Crippen molar-refractivity contribution in [3.63, 3.8) is 0 Å². The number of rotatable bonds is 4. The first kappa shape index (κ1) is 15.1. The predicted molar refractivity (Wildman–Crippen MR) is 75.9 cm³/mol. The molecule has 2 aromatic rings. The lowest BCUT2D eigenvalue weighted by atomic mass is 10.2. The van der Waals surface area contributed by atoms with Crippen LogP contribution < -0.4 is 5.32 Å². The van der Waals surface area contributed by atoms with Crippen LogP contribution in [0.5, 0.6) is 0 Å². The lowest BCUT2D eigenvalue weighted by Gasteiger charge is -2.08. The van der Waals surface area contributed by atoms with Gasteiger partial charge in [0.05, 0.1) is 5.02 Å². The van der Waals surface area contributed by atoms with Crippen LogP contribution in [0.1, 0.15) is 16.1 Å². The van der Waals surface area contributed by atoms with E-state index >= 15 is 0 Å². The summed E-state index contributed by atoms with van der Waals surface area (Å²) >= 11 is 5.65. The molecule has 1 aromatic heterocycles. The van der Waals surface area contributed by atoms with E-state index in [9.17, 15) is 14.0 Å². The Labute approximate surface area is 125 Å². The fourth-order valence-corrected chi connectivity index (χ4v) is 1.77. The maximum atomic E-state index is 13.1. The molecule has 5 nitrogen and oxygen atoms in total. The Morgan fingerprint density at radius 2 is 2.14 bits per heavy atom. The van der Waals surface area contributed by atoms with Crippen molar-refractivity contribution in [1.29, 1.82) is 0 Å². The smallest absolute Gasteiger partial charge is 0.355 e. The minimum absolute atomic E-state index is 0.148. The monoisotopic (exact) mass is 310 g/mol. The number of carbonyl (C=O) groups excluding carboxylic acids is 2. The number of aryl methyl sites for hydroxylation is 1. The van der Waals surface area contributed by atoms with Gasteiger partial charge in [0.1, 0.15) is 11.5 Å². The van der Waals surface area contributed by atoms with E-state index in [-0.39, 0.29) is 5.69 Å². The molecule has 2 rings (SSSR count). The second-order valence-corrected chi connectivity index (χ2v) is 4.75. The van der Waals surface area contributed by atoms with Gasteiger partial charge in [-0.05, 0) is 30.7 Å². The molecule has 0 atom stereocenters. The zero-order valence-electron chi connectivity index (χ0n) is 11.1. The molecule has 0 fully saturated rings. The molecule has 0 aliphatic carbocycles. The number of amides is 1. The normalized spacial score (nSPS) is 10.2. The highest BCUT2D eigenvalue weighted by molar-refractivity contribution is 6.30. The molecule has 0 saturated heterocycles. The van der Waals surface area contributed by atoms with Gasteiger partial charge in [0.25, 0.3) is 5.91 Å². The zero-order valence-corrected chi connectivity index (χ0v) is 11.8. The molecule has 7 heteroatoms. The third kappa shape index (κ3) is 4.06. The van der Waals surface area contributed by atoms with E-state index in [0.717, 1.165) is 0 Å². The van der Waals surface area contributed by atoms with Crippen LogP contribution in [0, 0.1) is 12.7 Å². The number of halogens is 2. The Morgan fingerprint density at radius 1 is 1.38 bits per heavy atom. The van der Waals surface area contributed by atoms with Gasteiger partial charge in [-0.1, -0.05) is 17.7 Å². The lowest BCUT2D eigenvalue weighted by molar-refractivity contribution is -0.119. The highest BCUT2D eigenvalue weighted by atomic mass is 35.5. The van der Waals surface area contributed by atoms with Crippen LogP contribution in [0.4, 0.5) is 10.1 Å². The molecule has 0 unspecified atom stereocenters. The fourth-order valence-electron chi connectivity index (χ4n) is 1.61. The molecular weight excluding hydrogens is 299 g/mol. The molecule has 2 N–H and O–H groups in total. The van der Waals surface area contributed by atoms with Crippen LogP contribution in [0.25, 0.3) is 0 Å². The van der Waals surface area contributed by atoms with Gasteiger partial charge in [0.2, 0.25) is 0 Å². The van der Waals surface area contributed by atoms with Crippen molar-refractivity contribution in [2.24, 2.45) is 0 Å². The van der Waals surface area contributed by atoms with E-state index in [4.69, 9.17) is 16.3 Å². The minimum Gasteiger partial charge on any atom is -0.451 e. The van der Waals surface area contributed by atoms with Crippen molar-refractivity contribution >= 4 is 29.2 Å². The lowest BCUT2D eigenvalue weighted by Crippen LogP contribution is -2.21. The van der Waals surface area contributed by atoms with Crippen molar-refractivity contribution in [3.8, 4) is 0 Å². The SMILES string of the molecule is Cc1ccc(F)cc1NC(=O)COC(=O)c1cc(Cl)c[nH]1. The van der Waals surface area contributed by atoms with Crippen LogP contribution in [0.2, 0.25) is 5.02 Å². The summed E-state index contributed by atoms with van der Waals surface area (Å²) in [6.45, 7) is 1.24. The third-order valence-electron chi connectivity index (χ3n) is 2.68. The maximum absolute atomic E-state index is 13.1. The average Bonchev–Trinajstić information content (AvgIpc) is 2.87. The second kappa shape index (κ2) is 6.41. The Hall–Kier alpha value is -2.34. The highest BCUT2D eigenvalue weighted by Gasteiger charge is 2.13. The molecule has 0 bridgehead atoms. The Bertz CT molecular complexity index is 685. The van der Waals surface area contributed by atoms with Crippen molar-refractivity contribution in [1.82, 2.24) is 4.98 Å². The van der Waals surface area contributed by atoms with Gasteiger partial charge in [-0.15, -0.1) is 0 Å². The van der Waals surface area contributed by atoms with Gasteiger partial charge in [-0.3, -0.25) is 4.79 Å². The van der Waals surface area contributed by atoms with Crippen LogP contribution in [0.15, 0.2) is 30.5 Å². The molecule has 1 heterocycles. The molecule has 1 aromatic carbocycles. The number of hydrogen-bond donors (Lipinski definition) is 2. The summed E-state index contributed by atoms with van der Waals surface area (Å²) < 4.78 is 17.9. The van der Waals surface area contributed by atoms with E-state index in [2.05, 4.69) is 10.3 Å². The Kier molecular flexibility index (Phi) is 4.59. The molecule has 21 heavy (non-hydrogen) atoms. The topological polar surface area (TPSA) is 71.2 Å². The summed E-state index contributed by atoms with van der Waals surface area (Å²) in [6, 6.07) is 5.41. The van der Waals surface area contributed by atoms with Crippen molar-refractivity contribution < 1.29 is 18.7 Å². The minimum atomic E-state index is -0.701. The molecular formula is C14H12ClFN2O3. The van der Waals surface area contributed by atoms with Gasteiger partial charge < -0.3 is 15.0 Å².